The number of hydrogen-bond acceptors (Lipinski definition) is 3. The summed E-state index contributed by atoms with van der Waals surface area (Å²) in [6.45, 7) is 7.11. The van der Waals surface area contributed by atoms with Crippen molar-refractivity contribution in [3.63, 3.8) is 0 Å². The number of carboxylic acids is 1. The van der Waals surface area contributed by atoms with Gasteiger partial charge in [-0.3, -0.25) is 4.79 Å². The molecule has 0 bridgehead atoms. The van der Waals surface area contributed by atoms with Crippen LogP contribution >= 0.6 is 0 Å². The topological polar surface area (TPSA) is 52.6 Å². The van der Waals surface area contributed by atoms with Crippen LogP contribution in [0.2, 0.25) is 0 Å². The van der Waals surface area contributed by atoms with Gasteiger partial charge in [0.1, 0.15) is 0 Å². The maximum Gasteiger partial charge on any atom is 0.312 e. The van der Waals surface area contributed by atoms with Crippen LogP contribution in [0.25, 0.3) is 0 Å². The molecule has 1 fully saturated rings. The zero-order valence-corrected chi connectivity index (χ0v) is 12.8. The average molecular weight is 290 g/mol. The summed E-state index contributed by atoms with van der Waals surface area (Å²) >= 11 is 0. The Balaban J connectivity index is 1.77. The van der Waals surface area contributed by atoms with Crippen LogP contribution in [0.3, 0.4) is 0 Å². The lowest BCUT2D eigenvalue weighted by Gasteiger charge is -2.31. The van der Waals surface area contributed by atoms with Crippen LogP contribution in [0.5, 0.6) is 0 Å². The molecule has 4 heteroatoms. The van der Waals surface area contributed by atoms with Gasteiger partial charge in [-0.25, -0.2) is 0 Å². The van der Waals surface area contributed by atoms with Crippen molar-refractivity contribution in [2.75, 3.05) is 32.7 Å². The van der Waals surface area contributed by atoms with Gasteiger partial charge in [0.25, 0.3) is 0 Å². The summed E-state index contributed by atoms with van der Waals surface area (Å²) in [6, 6.07) is 9.48. The third-order valence-corrected chi connectivity index (χ3v) is 4.44. The highest BCUT2D eigenvalue weighted by atomic mass is 16.4. The molecule has 1 aromatic carbocycles. The first-order chi connectivity index (χ1) is 10.2. The number of nitrogens with one attached hydrogen (secondary N) is 1. The van der Waals surface area contributed by atoms with E-state index < -0.39 is 11.9 Å². The first-order valence-electron chi connectivity index (χ1n) is 7.91. The summed E-state index contributed by atoms with van der Waals surface area (Å²) in [5, 5.41) is 12.8. The Morgan fingerprint density at radius 1 is 1.33 bits per heavy atom. The van der Waals surface area contributed by atoms with Gasteiger partial charge in [-0.05, 0) is 50.5 Å². The molecule has 116 valence electrons. The van der Waals surface area contributed by atoms with E-state index in [1.807, 2.05) is 30.3 Å². The Hall–Kier alpha value is -1.39. The van der Waals surface area contributed by atoms with Gasteiger partial charge in [0.15, 0.2) is 0 Å². The van der Waals surface area contributed by atoms with Gasteiger partial charge in [0.05, 0.1) is 5.92 Å². The number of carbonyl (C=O) groups is 1. The molecule has 1 atom stereocenters. The molecule has 0 radical (unpaired) electrons. The van der Waals surface area contributed by atoms with E-state index in [0.717, 1.165) is 18.7 Å². The number of rotatable bonds is 7. The van der Waals surface area contributed by atoms with Crippen LogP contribution in [0.15, 0.2) is 30.3 Å². The largest absolute Gasteiger partial charge is 0.481 e. The van der Waals surface area contributed by atoms with Crippen molar-refractivity contribution in [2.45, 2.75) is 25.7 Å². The van der Waals surface area contributed by atoms with Crippen molar-refractivity contribution in [1.82, 2.24) is 10.2 Å². The third kappa shape index (κ3) is 4.83. The van der Waals surface area contributed by atoms with Gasteiger partial charge in [0, 0.05) is 6.54 Å². The Kier molecular flexibility index (Phi) is 6.21. The van der Waals surface area contributed by atoms with E-state index in [9.17, 15) is 9.90 Å². The first-order valence-corrected chi connectivity index (χ1v) is 7.91. The monoisotopic (exact) mass is 290 g/mol. The van der Waals surface area contributed by atoms with Gasteiger partial charge in [-0.2, -0.15) is 0 Å². The minimum atomic E-state index is -0.755. The molecule has 0 spiro atoms. The van der Waals surface area contributed by atoms with Crippen LogP contribution in [0, 0.1) is 5.92 Å². The fraction of sp³-hybridized carbons (Fsp3) is 0.588. The van der Waals surface area contributed by atoms with E-state index in [1.165, 1.54) is 25.9 Å². The Morgan fingerprint density at radius 3 is 2.57 bits per heavy atom. The Bertz CT molecular complexity index is 428. The summed E-state index contributed by atoms with van der Waals surface area (Å²) in [6.07, 6.45) is 2.42. The molecule has 0 saturated carbocycles. The van der Waals surface area contributed by atoms with Crippen LogP contribution in [0.1, 0.15) is 31.2 Å². The van der Waals surface area contributed by atoms with E-state index in [1.54, 1.807) is 0 Å². The molecule has 1 aliphatic rings. The van der Waals surface area contributed by atoms with Gasteiger partial charge >= 0.3 is 5.97 Å². The fourth-order valence-electron chi connectivity index (χ4n) is 2.97. The van der Waals surface area contributed by atoms with Crippen LogP contribution in [-0.4, -0.2) is 48.7 Å². The van der Waals surface area contributed by atoms with E-state index >= 15 is 0 Å². The van der Waals surface area contributed by atoms with Crippen LogP contribution < -0.4 is 5.32 Å². The molecule has 0 amide bonds. The fourth-order valence-corrected chi connectivity index (χ4v) is 2.97. The van der Waals surface area contributed by atoms with Gasteiger partial charge in [-0.15, -0.1) is 0 Å². The predicted molar refractivity (Wildman–Crippen MR) is 84.5 cm³/mol. The van der Waals surface area contributed by atoms with Crippen LogP contribution in [-0.2, 0) is 4.79 Å². The zero-order valence-electron chi connectivity index (χ0n) is 12.8. The molecule has 1 aromatic rings. The SMILES string of the molecule is CCN1CCC(CNCC(C(=O)O)c2ccccc2)CC1. The number of nitrogens with zero attached hydrogens (tertiary/aromatic N) is 1. The molecule has 21 heavy (non-hydrogen) atoms. The summed E-state index contributed by atoms with van der Waals surface area (Å²) in [7, 11) is 0. The second kappa shape index (κ2) is 8.15. The number of carboxylic acid groups (broad SMARTS) is 1. The highest BCUT2D eigenvalue weighted by Gasteiger charge is 2.21. The molecular weight excluding hydrogens is 264 g/mol. The molecule has 1 aliphatic heterocycles. The normalized spacial score (nSPS) is 18.5. The molecule has 1 heterocycles. The second-order valence-corrected chi connectivity index (χ2v) is 5.84. The van der Waals surface area contributed by atoms with Gasteiger partial charge < -0.3 is 15.3 Å². The number of benzene rings is 1. The van der Waals surface area contributed by atoms with E-state index in [2.05, 4.69) is 17.1 Å². The lowest BCUT2D eigenvalue weighted by molar-refractivity contribution is -0.138. The highest BCUT2D eigenvalue weighted by Crippen LogP contribution is 2.18. The van der Waals surface area contributed by atoms with Crippen molar-refractivity contribution >= 4 is 5.97 Å². The maximum atomic E-state index is 11.4. The number of hydrogen-bond donors (Lipinski definition) is 2. The van der Waals surface area contributed by atoms with Crippen molar-refractivity contribution < 1.29 is 9.90 Å². The molecule has 1 unspecified atom stereocenters. The number of aliphatic carboxylic acids is 1. The quantitative estimate of drug-likeness (QED) is 0.808. The lowest BCUT2D eigenvalue weighted by atomic mass is 9.95. The second-order valence-electron chi connectivity index (χ2n) is 5.84. The van der Waals surface area contributed by atoms with Crippen molar-refractivity contribution in [2.24, 2.45) is 5.92 Å². The van der Waals surface area contributed by atoms with E-state index in [4.69, 9.17) is 0 Å². The summed E-state index contributed by atoms with van der Waals surface area (Å²) in [5.41, 5.74) is 0.873. The molecule has 4 nitrogen and oxygen atoms in total. The molecular formula is C17H26N2O2. The van der Waals surface area contributed by atoms with Crippen molar-refractivity contribution in [3.8, 4) is 0 Å². The maximum absolute atomic E-state index is 11.4. The van der Waals surface area contributed by atoms with Crippen molar-refractivity contribution in [3.05, 3.63) is 35.9 Å². The summed E-state index contributed by atoms with van der Waals surface area (Å²) < 4.78 is 0. The van der Waals surface area contributed by atoms with E-state index in [-0.39, 0.29) is 0 Å². The van der Waals surface area contributed by atoms with Gasteiger partial charge in [-0.1, -0.05) is 37.3 Å². The molecule has 2 rings (SSSR count). The Morgan fingerprint density at radius 2 is 2.00 bits per heavy atom. The van der Waals surface area contributed by atoms with Gasteiger partial charge in [0.2, 0.25) is 0 Å². The minimum Gasteiger partial charge on any atom is -0.481 e. The third-order valence-electron chi connectivity index (χ3n) is 4.44. The van der Waals surface area contributed by atoms with Crippen LogP contribution in [0.4, 0.5) is 0 Å². The number of piperidine rings is 1. The molecule has 2 N–H and O–H groups in total. The zero-order chi connectivity index (χ0) is 15.1. The average Bonchev–Trinajstić information content (AvgIpc) is 2.52. The lowest BCUT2D eigenvalue weighted by Crippen LogP contribution is -2.38. The standard InChI is InChI=1S/C17H26N2O2/c1-2-19-10-8-14(9-11-19)12-18-13-16(17(20)21)15-6-4-3-5-7-15/h3-7,14,16,18H,2,8-13H2,1H3,(H,20,21). The summed E-state index contributed by atoms with van der Waals surface area (Å²) in [5.74, 6) is -0.533. The highest BCUT2D eigenvalue weighted by molar-refractivity contribution is 5.76. The smallest absolute Gasteiger partial charge is 0.312 e. The van der Waals surface area contributed by atoms with E-state index in [0.29, 0.717) is 12.5 Å². The molecule has 0 aliphatic carbocycles. The Labute approximate surface area is 127 Å². The number of likely N-dealkylation sites (tertiary alicyclic amines) is 1. The molecule has 1 saturated heterocycles. The predicted octanol–water partition coefficient (Wildman–Crippen LogP) is 2.18. The minimum absolute atomic E-state index is 0.457. The summed E-state index contributed by atoms with van der Waals surface area (Å²) in [4.78, 5) is 13.9. The first kappa shape index (κ1) is 16.0. The van der Waals surface area contributed by atoms with Crippen molar-refractivity contribution in [1.29, 1.82) is 0 Å². The molecule has 0 aromatic heterocycles.